The van der Waals surface area contributed by atoms with Crippen LogP contribution in [-0.4, -0.2) is 22.6 Å². The van der Waals surface area contributed by atoms with Crippen molar-refractivity contribution < 1.29 is 0 Å². The molecule has 1 aromatic carbocycles. The molecule has 1 aromatic heterocycles. The molecule has 0 aliphatic heterocycles. The minimum atomic E-state index is 0.345. The van der Waals surface area contributed by atoms with E-state index in [0.29, 0.717) is 6.04 Å². The summed E-state index contributed by atoms with van der Waals surface area (Å²) in [6.07, 6.45) is 7.14. The Morgan fingerprint density at radius 3 is 2.79 bits per heavy atom. The van der Waals surface area contributed by atoms with Crippen LogP contribution in [-0.2, 0) is 13.5 Å². The van der Waals surface area contributed by atoms with Crippen LogP contribution >= 0.6 is 11.8 Å². The highest BCUT2D eigenvalue weighted by Crippen LogP contribution is 2.27. The Morgan fingerprint density at radius 1 is 1.37 bits per heavy atom. The van der Waals surface area contributed by atoms with Gasteiger partial charge in [0.1, 0.15) is 0 Å². The molecule has 102 valence electrons. The first kappa shape index (κ1) is 14.2. The Labute approximate surface area is 119 Å². The SMILES string of the molecule is CCNC(Cc1cnn(C)c1)c1ccccc1SC. The van der Waals surface area contributed by atoms with E-state index in [1.54, 1.807) is 11.8 Å². The lowest BCUT2D eigenvalue weighted by atomic mass is 10.0. The monoisotopic (exact) mass is 275 g/mol. The second-order valence-electron chi connectivity index (χ2n) is 4.58. The Kier molecular flexibility index (Phi) is 5.05. The van der Waals surface area contributed by atoms with Crippen LogP contribution in [0.4, 0.5) is 0 Å². The molecule has 2 rings (SSSR count). The first-order chi connectivity index (χ1) is 9.24. The van der Waals surface area contributed by atoms with Gasteiger partial charge in [-0.15, -0.1) is 11.8 Å². The van der Waals surface area contributed by atoms with Gasteiger partial charge in [-0.1, -0.05) is 25.1 Å². The topological polar surface area (TPSA) is 29.9 Å². The van der Waals surface area contributed by atoms with E-state index < -0.39 is 0 Å². The van der Waals surface area contributed by atoms with Crippen LogP contribution in [0.15, 0.2) is 41.6 Å². The van der Waals surface area contributed by atoms with Crippen molar-refractivity contribution in [2.24, 2.45) is 7.05 Å². The lowest BCUT2D eigenvalue weighted by molar-refractivity contribution is 0.542. The fraction of sp³-hybridized carbons (Fsp3) is 0.400. The van der Waals surface area contributed by atoms with Gasteiger partial charge in [-0.2, -0.15) is 5.10 Å². The smallest absolute Gasteiger partial charge is 0.0522 e. The molecule has 0 aliphatic rings. The molecule has 1 N–H and O–H groups in total. The van der Waals surface area contributed by atoms with Gasteiger partial charge in [0.15, 0.2) is 0 Å². The Morgan fingerprint density at radius 2 is 2.16 bits per heavy atom. The summed E-state index contributed by atoms with van der Waals surface area (Å²) in [6.45, 7) is 3.12. The molecule has 3 nitrogen and oxygen atoms in total. The number of benzene rings is 1. The fourth-order valence-electron chi connectivity index (χ4n) is 2.31. The van der Waals surface area contributed by atoms with Gasteiger partial charge in [0.25, 0.3) is 0 Å². The highest BCUT2D eigenvalue weighted by molar-refractivity contribution is 7.98. The predicted molar refractivity (Wildman–Crippen MR) is 81.6 cm³/mol. The molecular formula is C15H21N3S. The predicted octanol–water partition coefficient (Wildman–Crippen LogP) is 3.04. The zero-order valence-corrected chi connectivity index (χ0v) is 12.6. The van der Waals surface area contributed by atoms with Gasteiger partial charge in [0, 0.05) is 24.2 Å². The number of rotatable bonds is 6. The van der Waals surface area contributed by atoms with Crippen molar-refractivity contribution in [1.29, 1.82) is 0 Å². The van der Waals surface area contributed by atoms with Gasteiger partial charge >= 0.3 is 0 Å². The third-order valence-electron chi connectivity index (χ3n) is 3.16. The molecule has 0 spiro atoms. The van der Waals surface area contributed by atoms with Crippen LogP contribution in [0, 0.1) is 0 Å². The fourth-order valence-corrected chi connectivity index (χ4v) is 2.97. The molecule has 1 atom stereocenters. The largest absolute Gasteiger partial charge is 0.310 e. The summed E-state index contributed by atoms with van der Waals surface area (Å²) in [5.74, 6) is 0. The summed E-state index contributed by atoms with van der Waals surface area (Å²) >= 11 is 1.80. The molecule has 1 unspecified atom stereocenters. The normalized spacial score (nSPS) is 12.6. The highest BCUT2D eigenvalue weighted by Gasteiger charge is 2.15. The Bertz CT molecular complexity index is 522. The number of hydrogen-bond acceptors (Lipinski definition) is 3. The van der Waals surface area contributed by atoms with Crippen LogP contribution in [0.25, 0.3) is 0 Å². The van der Waals surface area contributed by atoms with E-state index >= 15 is 0 Å². The molecule has 0 saturated heterocycles. The van der Waals surface area contributed by atoms with E-state index in [-0.39, 0.29) is 0 Å². The maximum absolute atomic E-state index is 4.25. The third kappa shape index (κ3) is 3.61. The average Bonchev–Trinajstić information content (AvgIpc) is 2.84. The molecule has 0 aliphatic carbocycles. The average molecular weight is 275 g/mol. The molecular weight excluding hydrogens is 254 g/mol. The van der Waals surface area contributed by atoms with Gasteiger partial charge in [-0.3, -0.25) is 4.68 Å². The van der Waals surface area contributed by atoms with E-state index in [1.807, 2.05) is 17.9 Å². The molecule has 0 fully saturated rings. The number of aromatic nitrogens is 2. The summed E-state index contributed by atoms with van der Waals surface area (Å²) in [6, 6.07) is 8.96. The van der Waals surface area contributed by atoms with E-state index in [2.05, 4.69) is 54.1 Å². The maximum Gasteiger partial charge on any atom is 0.0522 e. The molecule has 1 heterocycles. The molecule has 0 amide bonds. The van der Waals surface area contributed by atoms with Crippen molar-refractivity contribution in [3.63, 3.8) is 0 Å². The second-order valence-corrected chi connectivity index (χ2v) is 5.43. The Hall–Kier alpha value is -1.26. The first-order valence-corrected chi connectivity index (χ1v) is 7.81. The Balaban J connectivity index is 2.23. The van der Waals surface area contributed by atoms with Crippen molar-refractivity contribution in [2.75, 3.05) is 12.8 Å². The lowest BCUT2D eigenvalue weighted by Crippen LogP contribution is -2.23. The summed E-state index contributed by atoms with van der Waals surface area (Å²) in [5, 5.41) is 7.83. The number of nitrogens with zero attached hydrogens (tertiary/aromatic N) is 2. The highest BCUT2D eigenvalue weighted by atomic mass is 32.2. The molecule has 4 heteroatoms. The number of nitrogens with one attached hydrogen (secondary N) is 1. The first-order valence-electron chi connectivity index (χ1n) is 6.58. The van der Waals surface area contributed by atoms with Crippen molar-refractivity contribution in [3.8, 4) is 0 Å². The van der Waals surface area contributed by atoms with Crippen LogP contribution in [0.5, 0.6) is 0 Å². The van der Waals surface area contributed by atoms with Gasteiger partial charge in [0.2, 0.25) is 0 Å². The second kappa shape index (κ2) is 6.78. The van der Waals surface area contributed by atoms with Gasteiger partial charge in [-0.25, -0.2) is 0 Å². The maximum atomic E-state index is 4.25. The van der Waals surface area contributed by atoms with Crippen molar-refractivity contribution in [3.05, 3.63) is 47.8 Å². The van der Waals surface area contributed by atoms with Crippen molar-refractivity contribution in [2.45, 2.75) is 24.3 Å². The van der Waals surface area contributed by atoms with Gasteiger partial charge in [-0.05, 0) is 36.4 Å². The van der Waals surface area contributed by atoms with Crippen molar-refractivity contribution in [1.82, 2.24) is 15.1 Å². The lowest BCUT2D eigenvalue weighted by Gasteiger charge is -2.20. The van der Waals surface area contributed by atoms with E-state index in [0.717, 1.165) is 13.0 Å². The van der Waals surface area contributed by atoms with Crippen LogP contribution in [0.3, 0.4) is 0 Å². The summed E-state index contributed by atoms with van der Waals surface area (Å²) in [7, 11) is 1.96. The van der Waals surface area contributed by atoms with Crippen LogP contribution in [0.1, 0.15) is 24.1 Å². The van der Waals surface area contributed by atoms with Crippen LogP contribution in [0.2, 0.25) is 0 Å². The summed E-state index contributed by atoms with van der Waals surface area (Å²) < 4.78 is 1.86. The standard InChI is InChI=1S/C15H21N3S/c1-4-16-14(9-12-10-17-18(2)11-12)13-7-5-6-8-15(13)19-3/h5-8,10-11,14,16H,4,9H2,1-3H3. The minimum Gasteiger partial charge on any atom is -0.310 e. The third-order valence-corrected chi connectivity index (χ3v) is 3.97. The van der Waals surface area contributed by atoms with E-state index in [4.69, 9.17) is 0 Å². The summed E-state index contributed by atoms with van der Waals surface area (Å²) in [5.41, 5.74) is 2.64. The quantitative estimate of drug-likeness (QED) is 0.822. The number of hydrogen-bond donors (Lipinski definition) is 1. The number of likely N-dealkylation sites (N-methyl/N-ethyl adjacent to an activating group) is 1. The zero-order chi connectivity index (χ0) is 13.7. The molecule has 2 aromatic rings. The zero-order valence-electron chi connectivity index (χ0n) is 11.8. The molecule has 0 saturated carbocycles. The van der Waals surface area contributed by atoms with E-state index in [1.165, 1.54) is 16.0 Å². The number of aryl methyl sites for hydroxylation is 1. The van der Waals surface area contributed by atoms with Crippen molar-refractivity contribution >= 4 is 11.8 Å². The molecule has 19 heavy (non-hydrogen) atoms. The summed E-state index contributed by atoms with van der Waals surface area (Å²) in [4.78, 5) is 1.34. The van der Waals surface area contributed by atoms with Crippen LogP contribution < -0.4 is 5.32 Å². The van der Waals surface area contributed by atoms with E-state index in [9.17, 15) is 0 Å². The molecule has 0 bridgehead atoms. The van der Waals surface area contributed by atoms with Gasteiger partial charge in [0.05, 0.1) is 6.20 Å². The van der Waals surface area contributed by atoms with Gasteiger partial charge < -0.3 is 5.32 Å². The minimum absolute atomic E-state index is 0.345. The number of thioether (sulfide) groups is 1. The molecule has 0 radical (unpaired) electrons.